The molecule has 3 aliphatic rings. The Morgan fingerprint density at radius 2 is 1.47 bits per heavy atom. The van der Waals surface area contributed by atoms with E-state index in [2.05, 4.69) is 57.2 Å². The molecule has 5 nitrogen and oxygen atoms in total. The summed E-state index contributed by atoms with van der Waals surface area (Å²) in [5.41, 5.74) is 2.36. The zero-order valence-corrected chi connectivity index (χ0v) is 21.4. The lowest BCUT2D eigenvalue weighted by Gasteiger charge is -2.41. The van der Waals surface area contributed by atoms with Crippen molar-refractivity contribution in [1.82, 2.24) is 14.8 Å². The number of ether oxygens (including phenoxy) is 2. The highest BCUT2D eigenvalue weighted by atomic mass is 16.5. The lowest BCUT2D eigenvalue weighted by atomic mass is 9.90. The number of pyridine rings is 1. The first-order valence-corrected chi connectivity index (χ1v) is 14.0. The molecule has 6 rings (SSSR count). The number of nitrogens with zero attached hydrogens (tertiary/aromatic N) is 3. The van der Waals surface area contributed by atoms with E-state index in [4.69, 9.17) is 9.47 Å². The third kappa shape index (κ3) is 5.68. The highest BCUT2D eigenvalue weighted by Gasteiger charge is 2.29. The largest absolute Gasteiger partial charge is 0.490 e. The Morgan fingerprint density at radius 3 is 2.22 bits per heavy atom. The topological polar surface area (TPSA) is 37.8 Å². The van der Waals surface area contributed by atoms with Gasteiger partial charge in [-0.1, -0.05) is 36.8 Å². The molecule has 0 amide bonds. The predicted octanol–water partition coefficient (Wildman–Crippen LogP) is 5.72. The minimum Gasteiger partial charge on any atom is -0.490 e. The van der Waals surface area contributed by atoms with Crippen LogP contribution in [0.4, 0.5) is 0 Å². The van der Waals surface area contributed by atoms with Crippen molar-refractivity contribution in [3.63, 3.8) is 0 Å². The van der Waals surface area contributed by atoms with Crippen molar-refractivity contribution in [1.29, 1.82) is 0 Å². The standard InChI is InChI=1S/C31H39N3O2/c1-4-25-5-3-18-32-31(25)30(8-1)36-29-14-20-33(21-15-29)19-13-24-9-11-27(12-10-24)35-28-16-22-34(23-17-28)26-6-2-7-26/h1,3-5,8-12,18,26,28-29H,2,6-7,13-17,19-23H2. The van der Waals surface area contributed by atoms with Gasteiger partial charge in [0, 0.05) is 50.3 Å². The molecule has 190 valence electrons. The first-order valence-electron chi connectivity index (χ1n) is 14.0. The molecule has 0 atom stereocenters. The molecule has 1 saturated carbocycles. The molecule has 0 N–H and O–H groups in total. The van der Waals surface area contributed by atoms with Crippen molar-refractivity contribution >= 4 is 10.9 Å². The lowest BCUT2D eigenvalue weighted by molar-refractivity contribution is 0.0493. The van der Waals surface area contributed by atoms with Gasteiger partial charge in [-0.25, -0.2) is 0 Å². The van der Waals surface area contributed by atoms with E-state index >= 15 is 0 Å². The molecule has 0 unspecified atom stereocenters. The van der Waals surface area contributed by atoms with E-state index < -0.39 is 0 Å². The molecule has 0 radical (unpaired) electrons. The van der Waals surface area contributed by atoms with Gasteiger partial charge >= 0.3 is 0 Å². The lowest BCUT2D eigenvalue weighted by Crippen LogP contribution is -2.46. The van der Waals surface area contributed by atoms with E-state index in [-0.39, 0.29) is 6.10 Å². The molecule has 3 fully saturated rings. The molecular formula is C31H39N3O2. The summed E-state index contributed by atoms with van der Waals surface area (Å²) in [5.74, 6) is 1.94. The molecule has 2 saturated heterocycles. The van der Waals surface area contributed by atoms with Crippen LogP contribution in [0.15, 0.2) is 60.8 Å². The van der Waals surface area contributed by atoms with E-state index in [0.717, 1.165) is 80.2 Å². The third-order valence-corrected chi connectivity index (χ3v) is 8.43. The van der Waals surface area contributed by atoms with Crippen LogP contribution in [0.25, 0.3) is 10.9 Å². The van der Waals surface area contributed by atoms with Crippen molar-refractivity contribution in [3.8, 4) is 11.5 Å². The number of aromatic nitrogens is 1. The second-order valence-corrected chi connectivity index (χ2v) is 10.8. The molecule has 1 aliphatic carbocycles. The Labute approximate surface area is 215 Å². The molecule has 2 aromatic carbocycles. The number of piperidine rings is 2. The van der Waals surface area contributed by atoms with Crippen molar-refractivity contribution in [2.24, 2.45) is 0 Å². The smallest absolute Gasteiger partial charge is 0.145 e. The van der Waals surface area contributed by atoms with Crippen LogP contribution < -0.4 is 9.47 Å². The van der Waals surface area contributed by atoms with Gasteiger partial charge in [-0.2, -0.15) is 0 Å². The van der Waals surface area contributed by atoms with E-state index in [1.165, 1.54) is 37.9 Å². The van der Waals surface area contributed by atoms with Gasteiger partial charge in [-0.05, 0) is 74.8 Å². The quantitative estimate of drug-likeness (QED) is 0.408. The number of para-hydroxylation sites is 1. The van der Waals surface area contributed by atoms with Crippen LogP contribution in [0, 0.1) is 0 Å². The Kier molecular flexibility index (Phi) is 7.38. The molecule has 0 bridgehead atoms. The van der Waals surface area contributed by atoms with Gasteiger partial charge in [0.2, 0.25) is 0 Å². The van der Waals surface area contributed by atoms with E-state index in [1.807, 2.05) is 18.3 Å². The van der Waals surface area contributed by atoms with Crippen LogP contribution in [-0.4, -0.2) is 65.8 Å². The average molecular weight is 486 g/mol. The monoisotopic (exact) mass is 485 g/mol. The number of fused-ring (bicyclic) bond motifs is 1. The van der Waals surface area contributed by atoms with Crippen LogP contribution >= 0.6 is 0 Å². The van der Waals surface area contributed by atoms with Gasteiger partial charge in [0.25, 0.3) is 0 Å². The number of likely N-dealkylation sites (tertiary alicyclic amines) is 2. The highest BCUT2D eigenvalue weighted by molar-refractivity contribution is 5.84. The second-order valence-electron chi connectivity index (χ2n) is 10.8. The van der Waals surface area contributed by atoms with Crippen LogP contribution in [-0.2, 0) is 6.42 Å². The first-order chi connectivity index (χ1) is 17.8. The third-order valence-electron chi connectivity index (χ3n) is 8.43. The van der Waals surface area contributed by atoms with Crippen molar-refractivity contribution < 1.29 is 9.47 Å². The Hall–Kier alpha value is -2.63. The highest BCUT2D eigenvalue weighted by Crippen LogP contribution is 2.29. The maximum Gasteiger partial charge on any atom is 0.145 e. The summed E-state index contributed by atoms with van der Waals surface area (Å²) < 4.78 is 12.7. The molecule has 5 heteroatoms. The Bertz CT molecular complexity index is 1110. The molecule has 3 aromatic rings. The van der Waals surface area contributed by atoms with Crippen molar-refractivity contribution in [2.75, 3.05) is 32.7 Å². The van der Waals surface area contributed by atoms with Crippen molar-refractivity contribution in [2.45, 2.75) is 69.6 Å². The summed E-state index contributed by atoms with van der Waals surface area (Å²) in [6.45, 7) is 5.68. The van der Waals surface area contributed by atoms with Crippen LogP contribution in [0.3, 0.4) is 0 Å². The fraction of sp³-hybridized carbons (Fsp3) is 0.516. The summed E-state index contributed by atoms with van der Waals surface area (Å²) in [5, 5.41) is 1.14. The minimum atomic E-state index is 0.269. The second kappa shape index (κ2) is 11.2. The summed E-state index contributed by atoms with van der Waals surface area (Å²) in [6.07, 6.45) is 12.3. The summed E-state index contributed by atoms with van der Waals surface area (Å²) in [6, 6.07) is 20.0. The average Bonchev–Trinajstić information content (AvgIpc) is 2.89. The fourth-order valence-corrected chi connectivity index (χ4v) is 5.93. The summed E-state index contributed by atoms with van der Waals surface area (Å²) in [7, 11) is 0. The zero-order chi connectivity index (χ0) is 24.2. The van der Waals surface area contributed by atoms with Crippen LogP contribution in [0.1, 0.15) is 50.5 Å². The van der Waals surface area contributed by atoms with Gasteiger partial charge < -0.3 is 19.3 Å². The minimum absolute atomic E-state index is 0.269. The Balaban J connectivity index is 0.921. The van der Waals surface area contributed by atoms with Crippen LogP contribution in [0.2, 0.25) is 0 Å². The van der Waals surface area contributed by atoms with Crippen LogP contribution in [0.5, 0.6) is 11.5 Å². The van der Waals surface area contributed by atoms with E-state index in [9.17, 15) is 0 Å². The molecular weight excluding hydrogens is 446 g/mol. The van der Waals surface area contributed by atoms with Crippen molar-refractivity contribution in [3.05, 3.63) is 66.4 Å². The SMILES string of the molecule is c1cnc2c(OC3CCN(CCc4ccc(OC5CCN(C6CCC6)CC5)cc4)CC3)cccc2c1. The fourth-order valence-electron chi connectivity index (χ4n) is 5.93. The first kappa shape index (κ1) is 23.7. The van der Waals surface area contributed by atoms with Gasteiger partial charge in [0.1, 0.15) is 29.2 Å². The Morgan fingerprint density at radius 1 is 0.750 bits per heavy atom. The number of benzene rings is 2. The molecule has 2 aliphatic heterocycles. The number of hydrogen-bond acceptors (Lipinski definition) is 5. The molecule has 3 heterocycles. The van der Waals surface area contributed by atoms with Gasteiger partial charge in [-0.3, -0.25) is 4.98 Å². The zero-order valence-electron chi connectivity index (χ0n) is 21.4. The molecule has 0 spiro atoms. The molecule has 36 heavy (non-hydrogen) atoms. The summed E-state index contributed by atoms with van der Waals surface area (Å²) >= 11 is 0. The van der Waals surface area contributed by atoms with Gasteiger partial charge in [0.05, 0.1) is 0 Å². The number of hydrogen-bond donors (Lipinski definition) is 0. The maximum absolute atomic E-state index is 6.38. The molecule has 1 aromatic heterocycles. The predicted molar refractivity (Wildman–Crippen MR) is 145 cm³/mol. The number of rotatable bonds is 8. The normalized spacial score (nSPS) is 20.9. The van der Waals surface area contributed by atoms with Gasteiger partial charge in [0.15, 0.2) is 0 Å². The van der Waals surface area contributed by atoms with Gasteiger partial charge in [-0.15, -0.1) is 0 Å². The summed E-state index contributed by atoms with van der Waals surface area (Å²) in [4.78, 5) is 9.79. The van der Waals surface area contributed by atoms with E-state index in [0.29, 0.717) is 6.10 Å². The maximum atomic E-state index is 6.38. The van der Waals surface area contributed by atoms with E-state index in [1.54, 1.807) is 0 Å².